The molecule has 0 radical (unpaired) electrons. The molecule has 0 aliphatic rings. The first-order valence-corrected chi connectivity index (χ1v) is 8.70. The van der Waals surface area contributed by atoms with Crippen molar-refractivity contribution in [3.8, 4) is 0 Å². The van der Waals surface area contributed by atoms with Crippen LogP contribution >= 0.6 is 7.37 Å². The molecule has 0 aromatic heterocycles. The normalized spacial score (nSPS) is 13.9. The van der Waals surface area contributed by atoms with E-state index in [2.05, 4.69) is 12.1 Å². The van der Waals surface area contributed by atoms with E-state index in [0.29, 0.717) is 12.8 Å². The predicted octanol–water partition coefficient (Wildman–Crippen LogP) is 4.35. The summed E-state index contributed by atoms with van der Waals surface area (Å²) >= 11 is 0. The molecule has 2 nitrogen and oxygen atoms in total. The van der Waals surface area contributed by atoms with Gasteiger partial charge in [0.1, 0.15) is 0 Å². The average molecular weight is 274 g/mol. The van der Waals surface area contributed by atoms with E-state index < -0.39 is 7.37 Å². The molecule has 100 valence electrons. The fourth-order valence-corrected chi connectivity index (χ4v) is 3.04. The summed E-state index contributed by atoms with van der Waals surface area (Å²) in [7, 11) is -2.52. The van der Waals surface area contributed by atoms with E-state index in [1.807, 2.05) is 48.5 Å². The van der Waals surface area contributed by atoms with Crippen LogP contribution in [-0.2, 0) is 22.1 Å². The molecule has 0 heterocycles. The molecule has 19 heavy (non-hydrogen) atoms. The highest BCUT2D eigenvalue weighted by Crippen LogP contribution is 2.43. The van der Waals surface area contributed by atoms with Crippen LogP contribution in [0, 0.1) is 0 Å². The molecular weight excluding hydrogens is 255 g/mol. The lowest BCUT2D eigenvalue weighted by Crippen LogP contribution is -1.98. The Bertz CT molecular complexity index is 490. The van der Waals surface area contributed by atoms with Gasteiger partial charge in [-0.2, -0.15) is 0 Å². The van der Waals surface area contributed by atoms with E-state index >= 15 is 0 Å². The number of benzene rings is 2. The van der Waals surface area contributed by atoms with Crippen molar-refractivity contribution < 1.29 is 9.09 Å². The van der Waals surface area contributed by atoms with Gasteiger partial charge in [0, 0.05) is 12.8 Å². The van der Waals surface area contributed by atoms with Gasteiger partial charge in [0.15, 0.2) is 0 Å². The second-order valence-corrected chi connectivity index (χ2v) is 7.47. The van der Waals surface area contributed by atoms with Crippen LogP contribution in [0.4, 0.5) is 0 Å². The van der Waals surface area contributed by atoms with Gasteiger partial charge in [0.25, 0.3) is 0 Å². The number of hydrogen-bond donors (Lipinski definition) is 0. The van der Waals surface area contributed by atoms with Crippen LogP contribution in [-0.4, -0.2) is 12.8 Å². The topological polar surface area (TPSA) is 26.3 Å². The first-order valence-electron chi connectivity index (χ1n) is 6.45. The summed E-state index contributed by atoms with van der Waals surface area (Å²) in [6, 6.07) is 19.9. The van der Waals surface area contributed by atoms with Crippen molar-refractivity contribution in [2.45, 2.75) is 13.0 Å². The highest BCUT2D eigenvalue weighted by Gasteiger charge is 2.15. The van der Waals surface area contributed by atoms with Crippen molar-refractivity contribution in [1.82, 2.24) is 0 Å². The summed E-state index contributed by atoms with van der Waals surface area (Å²) in [6.07, 6.45) is 1.38. The minimum absolute atomic E-state index is 0.420. The second kappa shape index (κ2) is 6.70. The third kappa shape index (κ3) is 5.02. The highest BCUT2D eigenvalue weighted by molar-refractivity contribution is 7.58. The third-order valence-electron chi connectivity index (χ3n) is 3.00. The molecule has 0 N–H and O–H groups in total. The van der Waals surface area contributed by atoms with Gasteiger partial charge in [-0.15, -0.1) is 0 Å². The van der Waals surface area contributed by atoms with Gasteiger partial charge in [-0.3, -0.25) is 4.57 Å². The van der Waals surface area contributed by atoms with Crippen LogP contribution in [0.1, 0.15) is 11.1 Å². The lowest BCUT2D eigenvalue weighted by Gasteiger charge is -2.14. The molecule has 0 saturated carbocycles. The van der Waals surface area contributed by atoms with Crippen molar-refractivity contribution >= 4 is 7.37 Å². The molecule has 0 spiro atoms. The van der Waals surface area contributed by atoms with E-state index in [4.69, 9.17) is 4.52 Å². The zero-order valence-electron chi connectivity index (χ0n) is 11.2. The van der Waals surface area contributed by atoms with E-state index in [-0.39, 0.29) is 0 Å². The molecule has 2 rings (SSSR count). The number of rotatable bonds is 6. The van der Waals surface area contributed by atoms with Crippen molar-refractivity contribution in [2.75, 3.05) is 12.8 Å². The minimum atomic E-state index is -2.52. The Hall–Kier alpha value is -1.37. The van der Waals surface area contributed by atoms with Crippen LogP contribution in [0.2, 0.25) is 0 Å². The quantitative estimate of drug-likeness (QED) is 0.732. The van der Waals surface area contributed by atoms with E-state index in [9.17, 15) is 4.57 Å². The van der Waals surface area contributed by atoms with Gasteiger partial charge in [0.2, 0.25) is 7.37 Å². The summed E-state index contributed by atoms with van der Waals surface area (Å²) in [6.45, 7) is 2.14. The lowest BCUT2D eigenvalue weighted by molar-refractivity contribution is 0.306. The molecular formula is C16H19O2P. The molecule has 0 fully saturated rings. The van der Waals surface area contributed by atoms with Crippen molar-refractivity contribution in [3.05, 3.63) is 71.8 Å². The molecule has 0 aliphatic carbocycles. The molecule has 2 aromatic rings. The third-order valence-corrected chi connectivity index (χ3v) is 4.71. The van der Waals surface area contributed by atoms with Crippen molar-refractivity contribution in [3.63, 3.8) is 0 Å². The highest BCUT2D eigenvalue weighted by atomic mass is 31.2. The zero-order valence-corrected chi connectivity index (χ0v) is 12.1. The van der Waals surface area contributed by atoms with Crippen LogP contribution in [0.5, 0.6) is 0 Å². The maximum Gasteiger partial charge on any atom is 0.200 e. The van der Waals surface area contributed by atoms with Gasteiger partial charge in [-0.05, 0) is 17.5 Å². The minimum Gasteiger partial charge on any atom is -0.324 e. The Labute approximate surface area is 114 Å². The van der Waals surface area contributed by atoms with E-state index in [0.717, 1.165) is 12.0 Å². The first-order chi connectivity index (χ1) is 9.16. The van der Waals surface area contributed by atoms with Crippen LogP contribution in [0.15, 0.2) is 60.7 Å². The summed E-state index contributed by atoms with van der Waals surface area (Å²) < 4.78 is 17.9. The summed E-state index contributed by atoms with van der Waals surface area (Å²) in [5.41, 5.74) is 2.26. The van der Waals surface area contributed by atoms with Gasteiger partial charge in [0.05, 0.1) is 6.61 Å². The van der Waals surface area contributed by atoms with Gasteiger partial charge >= 0.3 is 0 Å². The lowest BCUT2D eigenvalue weighted by atomic mass is 10.2. The number of hydrogen-bond acceptors (Lipinski definition) is 2. The van der Waals surface area contributed by atoms with Gasteiger partial charge < -0.3 is 4.52 Å². The summed E-state index contributed by atoms with van der Waals surface area (Å²) in [5.74, 6) is 0. The zero-order chi connectivity index (χ0) is 13.6. The molecule has 0 saturated heterocycles. The van der Waals surface area contributed by atoms with E-state index in [1.54, 1.807) is 6.66 Å². The fraction of sp³-hybridized carbons (Fsp3) is 0.250. The first kappa shape index (κ1) is 14.0. The molecule has 2 aromatic carbocycles. The molecule has 0 bridgehead atoms. The van der Waals surface area contributed by atoms with Crippen LogP contribution < -0.4 is 0 Å². The largest absolute Gasteiger partial charge is 0.324 e. The molecule has 3 heteroatoms. The Morgan fingerprint density at radius 2 is 1.42 bits per heavy atom. The Kier molecular flexibility index (Phi) is 4.95. The predicted molar refractivity (Wildman–Crippen MR) is 79.8 cm³/mol. The maximum absolute atomic E-state index is 12.3. The molecule has 1 atom stereocenters. The van der Waals surface area contributed by atoms with Crippen molar-refractivity contribution in [2.24, 2.45) is 0 Å². The van der Waals surface area contributed by atoms with Crippen LogP contribution in [0.25, 0.3) is 0 Å². The molecule has 0 aliphatic heterocycles. The Morgan fingerprint density at radius 3 is 2.00 bits per heavy atom. The number of aryl methyl sites for hydroxylation is 1. The molecule has 0 amide bonds. The second-order valence-electron chi connectivity index (χ2n) is 4.73. The van der Waals surface area contributed by atoms with Crippen molar-refractivity contribution in [1.29, 1.82) is 0 Å². The SMILES string of the molecule is CP(=O)(CCc1ccccc1)OCc1ccccc1. The fourth-order valence-electron chi connectivity index (χ4n) is 1.83. The monoisotopic (exact) mass is 274 g/mol. The average Bonchev–Trinajstić information content (AvgIpc) is 2.46. The molecule has 1 unspecified atom stereocenters. The Balaban J connectivity index is 1.84. The summed E-state index contributed by atoms with van der Waals surface area (Å²) in [4.78, 5) is 0. The van der Waals surface area contributed by atoms with E-state index in [1.165, 1.54) is 5.56 Å². The smallest absolute Gasteiger partial charge is 0.200 e. The maximum atomic E-state index is 12.3. The standard InChI is InChI=1S/C16H19O2P/c1-19(17,13-12-15-8-4-2-5-9-15)18-14-16-10-6-3-7-11-16/h2-11H,12-14H2,1H3. The van der Waals surface area contributed by atoms with Gasteiger partial charge in [-0.25, -0.2) is 0 Å². The Morgan fingerprint density at radius 1 is 0.895 bits per heavy atom. The summed E-state index contributed by atoms with van der Waals surface area (Å²) in [5, 5.41) is 0. The van der Waals surface area contributed by atoms with Gasteiger partial charge in [-0.1, -0.05) is 60.7 Å². The van der Waals surface area contributed by atoms with Crippen LogP contribution in [0.3, 0.4) is 0 Å².